The van der Waals surface area contributed by atoms with Gasteiger partial charge >= 0.3 is 5.97 Å². The molecule has 102 valence electrons. The highest BCUT2D eigenvalue weighted by Crippen LogP contribution is 2.19. The molecule has 0 aliphatic rings. The molecular formula is C14H22O4. The first-order chi connectivity index (χ1) is 8.23. The van der Waals surface area contributed by atoms with Crippen molar-refractivity contribution in [1.29, 1.82) is 0 Å². The molecule has 18 heavy (non-hydrogen) atoms. The van der Waals surface area contributed by atoms with E-state index in [0.717, 1.165) is 0 Å². The van der Waals surface area contributed by atoms with E-state index in [9.17, 15) is 15.0 Å². The fraction of sp³-hybridized carbons (Fsp3) is 0.643. The van der Waals surface area contributed by atoms with Gasteiger partial charge in [-0.05, 0) is 20.8 Å². The van der Waals surface area contributed by atoms with E-state index in [1.807, 2.05) is 0 Å². The van der Waals surface area contributed by atoms with Crippen molar-refractivity contribution in [3.8, 4) is 12.3 Å². The number of esters is 1. The molecule has 0 unspecified atom stereocenters. The Hall–Kier alpha value is -1.31. The van der Waals surface area contributed by atoms with Crippen LogP contribution >= 0.6 is 0 Å². The van der Waals surface area contributed by atoms with E-state index >= 15 is 0 Å². The smallest absolute Gasteiger partial charge is 0.311 e. The molecule has 0 aromatic heterocycles. The zero-order valence-electron chi connectivity index (χ0n) is 11.2. The van der Waals surface area contributed by atoms with Crippen LogP contribution in [0.4, 0.5) is 0 Å². The van der Waals surface area contributed by atoms with Crippen molar-refractivity contribution in [2.75, 3.05) is 6.61 Å². The summed E-state index contributed by atoms with van der Waals surface area (Å²) in [7, 11) is 0. The van der Waals surface area contributed by atoms with Gasteiger partial charge in [0, 0.05) is 12.3 Å². The van der Waals surface area contributed by atoms with Crippen molar-refractivity contribution in [2.24, 2.45) is 11.3 Å². The molecule has 0 rings (SSSR count). The number of carbonyl (C=O) groups excluding carboxylic acids is 1. The van der Waals surface area contributed by atoms with Gasteiger partial charge in [-0.1, -0.05) is 6.08 Å². The first kappa shape index (κ1) is 16.7. The first-order valence-electron chi connectivity index (χ1n) is 5.83. The molecule has 2 N–H and O–H groups in total. The van der Waals surface area contributed by atoms with Crippen LogP contribution in [0.3, 0.4) is 0 Å². The monoisotopic (exact) mass is 254 g/mol. The van der Waals surface area contributed by atoms with Crippen LogP contribution in [0, 0.1) is 23.7 Å². The summed E-state index contributed by atoms with van der Waals surface area (Å²) >= 11 is 0. The van der Waals surface area contributed by atoms with Crippen molar-refractivity contribution < 1.29 is 19.7 Å². The average molecular weight is 254 g/mol. The number of ether oxygens (including phenoxy) is 1. The Bertz CT molecular complexity index is 322. The van der Waals surface area contributed by atoms with Crippen LogP contribution in [0.15, 0.2) is 12.7 Å². The summed E-state index contributed by atoms with van der Waals surface area (Å²) in [5, 5.41) is 19.5. The third kappa shape index (κ3) is 5.35. The molecule has 0 bridgehead atoms. The van der Waals surface area contributed by atoms with Crippen LogP contribution in [-0.4, -0.2) is 35.0 Å². The minimum absolute atomic E-state index is 0.0859. The number of terminal acetylenes is 1. The van der Waals surface area contributed by atoms with E-state index in [-0.39, 0.29) is 13.0 Å². The van der Waals surface area contributed by atoms with Crippen LogP contribution in [0.5, 0.6) is 0 Å². The molecule has 0 aromatic carbocycles. The minimum atomic E-state index is -0.971. The predicted octanol–water partition coefficient (Wildman–Crippen LogP) is 1.12. The summed E-state index contributed by atoms with van der Waals surface area (Å²) in [6.45, 7) is 8.54. The van der Waals surface area contributed by atoms with Crippen LogP contribution in [0.1, 0.15) is 27.2 Å². The maximum Gasteiger partial charge on any atom is 0.311 e. The second kappa shape index (κ2) is 7.20. The fourth-order valence-corrected chi connectivity index (χ4v) is 1.27. The lowest BCUT2D eigenvalue weighted by molar-refractivity contribution is -0.156. The van der Waals surface area contributed by atoms with Crippen molar-refractivity contribution >= 4 is 5.97 Å². The van der Waals surface area contributed by atoms with Gasteiger partial charge in [-0.3, -0.25) is 4.79 Å². The van der Waals surface area contributed by atoms with E-state index in [2.05, 4.69) is 12.5 Å². The second-order valence-electron chi connectivity index (χ2n) is 5.21. The average Bonchev–Trinajstić information content (AvgIpc) is 2.27. The normalized spacial score (nSPS) is 16.2. The summed E-state index contributed by atoms with van der Waals surface area (Å²) in [6.07, 6.45) is 4.58. The SMILES string of the molecule is C#CC[C@@H](O)[C@H](COC(=O)C(C)(C)C)[C@H](O)C=C. The van der Waals surface area contributed by atoms with Gasteiger partial charge in [0.05, 0.1) is 24.2 Å². The molecule has 4 nitrogen and oxygen atoms in total. The van der Waals surface area contributed by atoms with E-state index in [1.165, 1.54) is 6.08 Å². The number of aliphatic hydroxyl groups is 2. The Labute approximate surface area is 109 Å². The molecule has 0 aliphatic heterocycles. The first-order valence-corrected chi connectivity index (χ1v) is 5.83. The zero-order valence-corrected chi connectivity index (χ0v) is 11.2. The minimum Gasteiger partial charge on any atom is -0.465 e. The molecule has 0 saturated carbocycles. The molecule has 4 heteroatoms. The van der Waals surface area contributed by atoms with Crippen LogP contribution in [-0.2, 0) is 9.53 Å². The lowest BCUT2D eigenvalue weighted by Gasteiger charge is -2.26. The fourth-order valence-electron chi connectivity index (χ4n) is 1.27. The van der Waals surface area contributed by atoms with E-state index in [1.54, 1.807) is 20.8 Å². The van der Waals surface area contributed by atoms with Gasteiger partial charge in [0.2, 0.25) is 0 Å². The Morgan fingerprint density at radius 1 is 1.50 bits per heavy atom. The molecule has 3 atom stereocenters. The summed E-state index contributed by atoms with van der Waals surface area (Å²) in [5.41, 5.74) is -0.624. The molecule has 0 amide bonds. The number of rotatable bonds is 6. The summed E-state index contributed by atoms with van der Waals surface area (Å²) in [5.74, 6) is 1.25. The Kier molecular flexibility index (Phi) is 6.67. The third-order valence-electron chi connectivity index (χ3n) is 2.52. The van der Waals surface area contributed by atoms with Crippen molar-refractivity contribution in [1.82, 2.24) is 0 Å². The van der Waals surface area contributed by atoms with Crippen LogP contribution < -0.4 is 0 Å². The highest BCUT2D eigenvalue weighted by Gasteiger charge is 2.29. The Morgan fingerprint density at radius 3 is 2.44 bits per heavy atom. The highest BCUT2D eigenvalue weighted by molar-refractivity contribution is 5.75. The Balaban J connectivity index is 4.58. The van der Waals surface area contributed by atoms with E-state index < -0.39 is 29.5 Å². The summed E-state index contributed by atoms with van der Waals surface area (Å²) in [4.78, 5) is 11.6. The topological polar surface area (TPSA) is 66.8 Å². The van der Waals surface area contributed by atoms with Gasteiger partial charge in [-0.2, -0.15) is 0 Å². The van der Waals surface area contributed by atoms with Gasteiger partial charge < -0.3 is 14.9 Å². The maximum atomic E-state index is 11.6. The van der Waals surface area contributed by atoms with Crippen LogP contribution in [0.25, 0.3) is 0 Å². The number of carbonyl (C=O) groups is 1. The largest absolute Gasteiger partial charge is 0.465 e. The van der Waals surface area contributed by atoms with Crippen LogP contribution in [0.2, 0.25) is 0 Å². The summed E-state index contributed by atoms with van der Waals surface area (Å²) < 4.78 is 5.08. The van der Waals surface area contributed by atoms with Gasteiger partial charge in [0.1, 0.15) is 0 Å². The van der Waals surface area contributed by atoms with Crippen molar-refractivity contribution in [3.63, 3.8) is 0 Å². The van der Waals surface area contributed by atoms with E-state index in [0.29, 0.717) is 0 Å². The molecule has 0 fully saturated rings. The molecular weight excluding hydrogens is 232 g/mol. The number of aliphatic hydroxyl groups excluding tert-OH is 2. The highest BCUT2D eigenvalue weighted by atomic mass is 16.5. The maximum absolute atomic E-state index is 11.6. The second-order valence-corrected chi connectivity index (χ2v) is 5.21. The zero-order chi connectivity index (χ0) is 14.3. The van der Waals surface area contributed by atoms with Crippen molar-refractivity contribution in [3.05, 3.63) is 12.7 Å². The lowest BCUT2D eigenvalue weighted by atomic mass is 9.94. The molecule has 0 saturated heterocycles. The molecule has 0 aromatic rings. The van der Waals surface area contributed by atoms with Gasteiger partial charge in [0.25, 0.3) is 0 Å². The van der Waals surface area contributed by atoms with Gasteiger partial charge in [-0.25, -0.2) is 0 Å². The molecule has 0 aliphatic carbocycles. The standard InChI is InChI=1S/C14H22O4/c1-6-8-12(16)10(11(15)7-2)9-18-13(17)14(3,4)5/h1,7,10-12,15-16H,2,8-9H2,3-5H3/t10-,11-,12-/m1/s1. The molecule has 0 spiro atoms. The van der Waals surface area contributed by atoms with E-state index in [4.69, 9.17) is 11.2 Å². The Morgan fingerprint density at radius 2 is 2.06 bits per heavy atom. The predicted molar refractivity (Wildman–Crippen MR) is 69.6 cm³/mol. The lowest BCUT2D eigenvalue weighted by Crippen LogP contribution is -2.36. The summed E-state index contributed by atoms with van der Waals surface area (Å²) in [6, 6.07) is 0. The number of hydrogen-bond acceptors (Lipinski definition) is 4. The van der Waals surface area contributed by atoms with Gasteiger partial charge in [-0.15, -0.1) is 18.9 Å². The molecule has 0 heterocycles. The quantitative estimate of drug-likeness (QED) is 0.423. The molecule has 0 radical (unpaired) electrons. The number of hydrogen-bond donors (Lipinski definition) is 2. The third-order valence-corrected chi connectivity index (χ3v) is 2.52. The van der Waals surface area contributed by atoms with Gasteiger partial charge in [0.15, 0.2) is 0 Å². The van der Waals surface area contributed by atoms with Crippen molar-refractivity contribution in [2.45, 2.75) is 39.4 Å².